The third-order valence-corrected chi connectivity index (χ3v) is 3.10. The molecular weight excluding hydrogens is 210 g/mol. The topological polar surface area (TPSA) is 52.3 Å². The molecule has 0 radical (unpaired) electrons. The van der Waals surface area contributed by atoms with Crippen molar-refractivity contribution < 1.29 is 9.53 Å². The molecule has 4 heteroatoms. The molecule has 1 unspecified atom stereocenters. The van der Waals surface area contributed by atoms with Crippen molar-refractivity contribution in [3.63, 3.8) is 0 Å². The minimum atomic E-state index is -0.506. The first-order valence-corrected chi connectivity index (χ1v) is 5.94. The Bertz CT molecular complexity index is 296. The molecule has 1 rings (SSSR count). The third-order valence-electron chi connectivity index (χ3n) is 2.16. The van der Waals surface area contributed by atoms with Crippen molar-refractivity contribution >= 4 is 17.3 Å². The van der Waals surface area contributed by atoms with Gasteiger partial charge in [0, 0.05) is 11.3 Å². The molecule has 1 heterocycles. The second-order valence-electron chi connectivity index (χ2n) is 3.77. The number of esters is 1. The van der Waals surface area contributed by atoms with Crippen LogP contribution in [-0.4, -0.2) is 18.6 Å². The highest BCUT2D eigenvalue weighted by Gasteiger charge is 2.18. The summed E-state index contributed by atoms with van der Waals surface area (Å²) in [5.74, 6) is -0.180. The second kappa shape index (κ2) is 5.88. The Hall–Kier alpha value is -0.870. The van der Waals surface area contributed by atoms with E-state index in [-0.39, 0.29) is 11.9 Å². The average Bonchev–Trinajstić information content (AvgIpc) is 2.69. The molecule has 0 aliphatic heterocycles. The second-order valence-corrected chi connectivity index (χ2v) is 4.80. The molecule has 0 saturated heterocycles. The van der Waals surface area contributed by atoms with E-state index < -0.39 is 6.04 Å². The van der Waals surface area contributed by atoms with Crippen LogP contribution in [0.2, 0.25) is 0 Å². The number of carbonyl (C=O) groups excluding carboxylic acids is 1. The molecule has 0 fully saturated rings. The maximum absolute atomic E-state index is 11.4. The molecule has 0 bridgehead atoms. The maximum Gasteiger partial charge on any atom is 0.323 e. The molecule has 0 aromatic carbocycles. The Morgan fingerprint density at radius 3 is 2.87 bits per heavy atom. The third kappa shape index (κ3) is 4.01. The van der Waals surface area contributed by atoms with Gasteiger partial charge >= 0.3 is 5.97 Å². The number of ether oxygens (including phenoxy) is 1. The molecule has 84 valence electrons. The predicted octanol–water partition coefficient (Wildman–Crippen LogP) is 1.82. The molecule has 0 aliphatic carbocycles. The maximum atomic E-state index is 11.4. The van der Waals surface area contributed by atoms with Crippen molar-refractivity contribution in [2.75, 3.05) is 6.61 Å². The molecule has 0 amide bonds. The number of hydrogen-bond donors (Lipinski definition) is 1. The first kappa shape index (κ1) is 12.2. The summed E-state index contributed by atoms with van der Waals surface area (Å²) in [6.45, 7) is 4.23. The molecule has 15 heavy (non-hydrogen) atoms. The van der Waals surface area contributed by atoms with Crippen molar-refractivity contribution in [3.05, 3.63) is 22.4 Å². The van der Waals surface area contributed by atoms with E-state index in [1.54, 1.807) is 11.3 Å². The van der Waals surface area contributed by atoms with E-state index in [0.29, 0.717) is 6.61 Å². The summed E-state index contributed by atoms with van der Waals surface area (Å²) in [5.41, 5.74) is 5.65. The molecule has 3 nitrogen and oxygen atoms in total. The van der Waals surface area contributed by atoms with Gasteiger partial charge in [0.2, 0.25) is 0 Å². The van der Waals surface area contributed by atoms with Gasteiger partial charge in [-0.1, -0.05) is 19.9 Å². The van der Waals surface area contributed by atoms with Crippen LogP contribution in [0, 0.1) is 5.92 Å². The predicted molar refractivity (Wildman–Crippen MR) is 61.8 cm³/mol. The van der Waals surface area contributed by atoms with Crippen molar-refractivity contribution in [2.24, 2.45) is 11.7 Å². The molecule has 0 spiro atoms. The van der Waals surface area contributed by atoms with Crippen LogP contribution < -0.4 is 5.73 Å². The van der Waals surface area contributed by atoms with Gasteiger partial charge in [0.05, 0.1) is 6.61 Å². The van der Waals surface area contributed by atoms with Crippen molar-refractivity contribution in [2.45, 2.75) is 26.3 Å². The van der Waals surface area contributed by atoms with Crippen LogP contribution in [0.5, 0.6) is 0 Å². The van der Waals surface area contributed by atoms with Gasteiger partial charge in [-0.2, -0.15) is 0 Å². The van der Waals surface area contributed by atoms with Crippen LogP contribution in [0.25, 0.3) is 0 Å². The van der Waals surface area contributed by atoms with Crippen LogP contribution in [-0.2, 0) is 16.0 Å². The summed E-state index contributed by atoms with van der Waals surface area (Å²) < 4.78 is 5.08. The van der Waals surface area contributed by atoms with Gasteiger partial charge in [0.1, 0.15) is 6.04 Å². The van der Waals surface area contributed by atoms with Gasteiger partial charge in [-0.25, -0.2) is 0 Å². The average molecular weight is 227 g/mol. The molecule has 2 N–H and O–H groups in total. The van der Waals surface area contributed by atoms with Gasteiger partial charge in [-0.3, -0.25) is 4.79 Å². The fourth-order valence-corrected chi connectivity index (χ4v) is 1.77. The van der Waals surface area contributed by atoms with E-state index in [0.717, 1.165) is 6.42 Å². The van der Waals surface area contributed by atoms with Gasteiger partial charge in [-0.15, -0.1) is 11.3 Å². The lowest BCUT2D eigenvalue weighted by atomic mass is 10.1. The first-order valence-electron chi connectivity index (χ1n) is 5.06. The summed E-state index contributed by atoms with van der Waals surface area (Å²) in [6.07, 6.45) is 0.772. The fourth-order valence-electron chi connectivity index (χ4n) is 1.08. The van der Waals surface area contributed by atoms with Crippen LogP contribution in [0.3, 0.4) is 0 Å². The monoisotopic (exact) mass is 227 g/mol. The van der Waals surface area contributed by atoms with Gasteiger partial charge < -0.3 is 10.5 Å². The number of nitrogens with two attached hydrogens (primary N) is 1. The van der Waals surface area contributed by atoms with Crippen molar-refractivity contribution in [1.29, 1.82) is 0 Å². The molecule has 1 aromatic heterocycles. The Kier molecular flexibility index (Phi) is 4.78. The Balaban J connectivity index is 2.23. The molecule has 1 aromatic rings. The quantitative estimate of drug-likeness (QED) is 0.781. The smallest absolute Gasteiger partial charge is 0.323 e. The Morgan fingerprint density at radius 2 is 2.33 bits per heavy atom. The lowest BCUT2D eigenvalue weighted by Crippen LogP contribution is -2.37. The van der Waals surface area contributed by atoms with E-state index in [1.807, 2.05) is 31.4 Å². The van der Waals surface area contributed by atoms with Gasteiger partial charge in [0.25, 0.3) is 0 Å². The standard InChI is InChI=1S/C11H17NO2S/c1-8(2)10(12)11(13)14-6-5-9-4-3-7-15-9/h3-4,7-8,10H,5-6,12H2,1-2H3. The summed E-state index contributed by atoms with van der Waals surface area (Å²) in [6, 6.07) is 3.51. The highest BCUT2D eigenvalue weighted by atomic mass is 32.1. The van der Waals surface area contributed by atoms with Crippen molar-refractivity contribution in [1.82, 2.24) is 0 Å². The molecule has 1 atom stereocenters. The van der Waals surface area contributed by atoms with Crippen molar-refractivity contribution in [3.8, 4) is 0 Å². The van der Waals surface area contributed by atoms with E-state index in [9.17, 15) is 4.79 Å². The zero-order valence-corrected chi connectivity index (χ0v) is 9.92. The number of carbonyl (C=O) groups is 1. The number of thiophene rings is 1. The van der Waals surface area contributed by atoms with E-state index in [4.69, 9.17) is 10.5 Å². The lowest BCUT2D eigenvalue weighted by molar-refractivity contribution is -0.146. The van der Waals surface area contributed by atoms with Crippen LogP contribution in [0.1, 0.15) is 18.7 Å². The molecule has 0 saturated carbocycles. The number of rotatable bonds is 5. The van der Waals surface area contributed by atoms with E-state index in [1.165, 1.54) is 4.88 Å². The fraction of sp³-hybridized carbons (Fsp3) is 0.545. The van der Waals surface area contributed by atoms with Crippen LogP contribution >= 0.6 is 11.3 Å². The zero-order chi connectivity index (χ0) is 11.3. The summed E-state index contributed by atoms with van der Waals surface area (Å²) >= 11 is 1.67. The van der Waals surface area contributed by atoms with E-state index >= 15 is 0 Å². The first-order chi connectivity index (χ1) is 7.11. The Labute approximate surface area is 94.2 Å². The minimum Gasteiger partial charge on any atom is -0.464 e. The van der Waals surface area contributed by atoms with Crippen LogP contribution in [0.4, 0.5) is 0 Å². The van der Waals surface area contributed by atoms with Crippen LogP contribution in [0.15, 0.2) is 17.5 Å². The minimum absolute atomic E-state index is 0.124. The highest BCUT2D eigenvalue weighted by molar-refractivity contribution is 7.09. The molecular formula is C11H17NO2S. The van der Waals surface area contributed by atoms with E-state index in [2.05, 4.69) is 0 Å². The Morgan fingerprint density at radius 1 is 1.60 bits per heavy atom. The molecule has 0 aliphatic rings. The zero-order valence-electron chi connectivity index (χ0n) is 9.10. The number of hydrogen-bond acceptors (Lipinski definition) is 4. The highest BCUT2D eigenvalue weighted by Crippen LogP contribution is 2.09. The summed E-state index contributed by atoms with van der Waals surface area (Å²) in [7, 11) is 0. The SMILES string of the molecule is CC(C)C(N)C(=O)OCCc1cccs1. The largest absolute Gasteiger partial charge is 0.464 e. The van der Waals surface area contributed by atoms with Gasteiger partial charge in [0.15, 0.2) is 0 Å². The lowest BCUT2D eigenvalue weighted by Gasteiger charge is -2.13. The normalized spacial score (nSPS) is 12.8. The summed E-state index contributed by atoms with van der Waals surface area (Å²) in [5, 5.41) is 2.01. The summed E-state index contributed by atoms with van der Waals surface area (Å²) in [4.78, 5) is 12.6. The van der Waals surface area contributed by atoms with Gasteiger partial charge in [-0.05, 0) is 17.4 Å².